The molecule has 0 bridgehead atoms. The summed E-state index contributed by atoms with van der Waals surface area (Å²) in [4.78, 5) is 0. The normalized spacial score (nSPS) is 17.0. The van der Waals surface area contributed by atoms with Gasteiger partial charge in [0.05, 0.1) is 0 Å². The third kappa shape index (κ3) is 5.78. The topological polar surface area (TPSA) is 12.0 Å². The number of benzene rings is 3. The van der Waals surface area contributed by atoms with Crippen molar-refractivity contribution < 1.29 is 0 Å². The molecule has 0 aromatic heterocycles. The maximum atomic E-state index is 3.56. The molecule has 184 valence electrons. The Bertz CT molecular complexity index is 1410. The van der Waals surface area contributed by atoms with Gasteiger partial charge in [0.1, 0.15) is 0 Å². The van der Waals surface area contributed by atoms with E-state index >= 15 is 0 Å². The summed E-state index contributed by atoms with van der Waals surface area (Å²) in [5.41, 5.74) is 14.3. The molecule has 3 aromatic rings. The van der Waals surface area contributed by atoms with E-state index in [0.717, 1.165) is 37.8 Å². The second-order valence-corrected chi connectivity index (χ2v) is 10.5. The second kappa shape index (κ2) is 11.0. The molecule has 3 aliphatic carbocycles. The largest absolute Gasteiger partial charge is 0.359 e. The lowest BCUT2D eigenvalue weighted by molar-refractivity contribution is 0.805. The third-order valence-corrected chi connectivity index (χ3v) is 7.96. The Hall–Kier alpha value is -3.84. The van der Waals surface area contributed by atoms with Crippen molar-refractivity contribution in [1.82, 2.24) is 0 Å². The zero-order valence-corrected chi connectivity index (χ0v) is 21.5. The number of para-hydroxylation sites is 1. The van der Waals surface area contributed by atoms with E-state index in [9.17, 15) is 0 Å². The van der Waals surface area contributed by atoms with Crippen LogP contribution < -0.4 is 5.32 Å². The van der Waals surface area contributed by atoms with Gasteiger partial charge in [0, 0.05) is 11.4 Å². The lowest BCUT2D eigenvalue weighted by atomic mass is 9.83. The monoisotopic (exact) mass is 481 g/mol. The van der Waals surface area contributed by atoms with E-state index in [0.29, 0.717) is 0 Å². The molecule has 37 heavy (non-hydrogen) atoms. The summed E-state index contributed by atoms with van der Waals surface area (Å²) < 4.78 is 0. The molecule has 0 atom stereocenters. The van der Waals surface area contributed by atoms with Gasteiger partial charge in [-0.3, -0.25) is 0 Å². The van der Waals surface area contributed by atoms with Crippen molar-refractivity contribution in [3.63, 3.8) is 0 Å². The van der Waals surface area contributed by atoms with Crippen LogP contribution in [0.3, 0.4) is 0 Å². The molecule has 0 fully saturated rings. The molecule has 0 amide bonds. The van der Waals surface area contributed by atoms with Crippen molar-refractivity contribution in [3.05, 3.63) is 148 Å². The summed E-state index contributed by atoms with van der Waals surface area (Å²) in [6.07, 6.45) is 20.9. The molecular weight excluding hydrogens is 446 g/mol. The van der Waals surface area contributed by atoms with Gasteiger partial charge in [-0.2, -0.15) is 0 Å². The lowest BCUT2D eigenvalue weighted by Crippen LogP contribution is -2.06. The summed E-state index contributed by atoms with van der Waals surface area (Å²) in [5.74, 6) is 0. The van der Waals surface area contributed by atoms with E-state index in [-0.39, 0.29) is 0 Å². The van der Waals surface area contributed by atoms with Gasteiger partial charge in [0.15, 0.2) is 0 Å². The zero-order chi connectivity index (χ0) is 24.9. The van der Waals surface area contributed by atoms with E-state index in [1.807, 2.05) is 0 Å². The molecule has 0 heterocycles. The van der Waals surface area contributed by atoms with Gasteiger partial charge in [-0.15, -0.1) is 0 Å². The molecular formula is C36H35N. The minimum Gasteiger partial charge on any atom is -0.359 e. The maximum Gasteiger partial charge on any atom is 0.0381 e. The van der Waals surface area contributed by atoms with Crippen LogP contribution in [0.1, 0.15) is 60.8 Å². The Labute approximate surface area is 221 Å². The van der Waals surface area contributed by atoms with Crippen molar-refractivity contribution in [2.24, 2.45) is 0 Å². The van der Waals surface area contributed by atoms with Gasteiger partial charge in [-0.05, 0) is 115 Å². The molecule has 1 heteroatoms. The molecule has 0 aliphatic heterocycles. The molecule has 0 radical (unpaired) electrons. The first-order valence-electron chi connectivity index (χ1n) is 13.8. The standard InChI is InChI=1S/C36H35N/c1-3-7-27(8-4-1)11-12-28-13-15-29(16-14-28)32-19-17-31-18-20-33(26-34(31)25-32)30-21-23-36(24-22-30)37-35-9-5-2-6-10-35/h1-10,13,15,18,20-21,23,25-26,37H,11-12,14,16-17,19,22,24H2. The van der Waals surface area contributed by atoms with Crippen molar-refractivity contribution in [3.8, 4) is 0 Å². The highest BCUT2D eigenvalue weighted by Crippen LogP contribution is 2.36. The van der Waals surface area contributed by atoms with Crippen molar-refractivity contribution in [2.45, 2.75) is 51.4 Å². The van der Waals surface area contributed by atoms with Gasteiger partial charge in [-0.25, -0.2) is 0 Å². The lowest BCUT2D eigenvalue weighted by Gasteiger charge is -2.23. The van der Waals surface area contributed by atoms with E-state index in [1.165, 1.54) is 63.9 Å². The predicted octanol–water partition coefficient (Wildman–Crippen LogP) is 9.47. The average molecular weight is 482 g/mol. The number of hydrogen-bond donors (Lipinski definition) is 1. The second-order valence-electron chi connectivity index (χ2n) is 10.5. The number of allylic oxidation sites excluding steroid dienone is 9. The Morgan fingerprint density at radius 1 is 0.568 bits per heavy atom. The van der Waals surface area contributed by atoms with Crippen LogP contribution in [-0.2, 0) is 12.8 Å². The first-order chi connectivity index (χ1) is 18.3. The van der Waals surface area contributed by atoms with Crippen LogP contribution in [0.4, 0.5) is 5.69 Å². The summed E-state index contributed by atoms with van der Waals surface area (Å²) in [7, 11) is 0. The van der Waals surface area contributed by atoms with Gasteiger partial charge in [-0.1, -0.05) is 90.5 Å². The van der Waals surface area contributed by atoms with Crippen LogP contribution in [0.5, 0.6) is 0 Å². The third-order valence-electron chi connectivity index (χ3n) is 7.96. The highest BCUT2D eigenvalue weighted by atomic mass is 14.9. The van der Waals surface area contributed by atoms with E-state index in [4.69, 9.17) is 0 Å². The molecule has 3 aliphatic rings. The number of hydrogen-bond acceptors (Lipinski definition) is 1. The quantitative estimate of drug-likeness (QED) is 0.354. The smallest absolute Gasteiger partial charge is 0.0381 e. The average Bonchev–Trinajstić information content (AvgIpc) is 2.97. The Morgan fingerprint density at radius 2 is 1.32 bits per heavy atom. The maximum absolute atomic E-state index is 3.56. The van der Waals surface area contributed by atoms with Crippen molar-refractivity contribution >= 4 is 17.3 Å². The first-order valence-corrected chi connectivity index (χ1v) is 13.8. The fraction of sp³-hybridized carbons (Fsp3) is 0.222. The van der Waals surface area contributed by atoms with E-state index < -0.39 is 0 Å². The highest BCUT2D eigenvalue weighted by molar-refractivity contribution is 5.74. The SMILES string of the molecule is C1=C(CCc2ccccc2)CCC(C2=Cc3cc(C4=CC=C(Nc5ccccc5)CC4)ccc3CC2)=C1. The molecule has 0 saturated carbocycles. The van der Waals surface area contributed by atoms with Crippen LogP contribution in [0.15, 0.2) is 126 Å². The predicted molar refractivity (Wildman–Crippen MR) is 158 cm³/mol. The minimum absolute atomic E-state index is 1.05. The molecule has 0 unspecified atom stereocenters. The van der Waals surface area contributed by atoms with Gasteiger partial charge in [0.2, 0.25) is 0 Å². The van der Waals surface area contributed by atoms with Gasteiger partial charge in [0.25, 0.3) is 0 Å². The number of aryl methyl sites for hydroxylation is 2. The highest BCUT2D eigenvalue weighted by Gasteiger charge is 2.17. The van der Waals surface area contributed by atoms with Crippen LogP contribution in [0.25, 0.3) is 11.6 Å². The molecule has 6 rings (SSSR count). The van der Waals surface area contributed by atoms with E-state index in [2.05, 4.69) is 115 Å². The summed E-state index contributed by atoms with van der Waals surface area (Å²) >= 11 is 0. The van der Waals surface area contributed by atoms with Crippen molar-refractivity contribution in [2.75, 3.05) is 5.32 Å². The molecule has 0 saturated heterocycles. The summed E-state index contributed by atoms with van der Waals surface area (Å²) in [6, 6.07) is 28.4. The Morgan fingerprint density at radius 3 is 2.08 bits per heavy atom. The van der Waals surface area contributed by atoms with Crippen molar-refractivity contribution in [1.29, 1.82) is 0 Å². The number of nitrogens with one attached hydrogen (secondary N) is 1. The Balaban J connectivity index is 1.14. The molecule has 1 N–H and O–H groups in total. The number of anilines is 1. The van der Waals surface area contributed by atoms with Crippen LogP contribution in [0.2, 0.25) is 0 Å². The minimum atomic E-state index is 1.05. The molecule has 3 aromatic carbocycles. The fourth-order valence-electron chi connectivity index (χ4n) is 5.73. The van der Waals surface area contributed by atoms with Crippen LogP contribution in [0, 0.1) is 0 Å². The Kier molecular flexibility index (Phi) is 7.03. The summed E-state index contributed by atoms with van der Waals surface area (Å²) in [5, 5.41) is 3.56. The van der Waals surface area contributed by atoms with Gasteiger partial charge >= 0.3 is 0 Å². The van der Waals surface area contributed by atoms with Gasteiger partial charge < -0.3 is 5.32 Å². The number of rotatable bonds is 7. The number of fused-ring (bicyclic) bond motifs is 1. The molecule has 0 spiro atoms. The first kappa shape index (κ1) is 23.6. The fourth-order valence-corrected chi connectivity index (χ4v) is 5.73. The van der Waals surface area contributed by atoms with Crippen LogP contribution >= 0.6 is 0 Å². The van der Waals surface area contributed by atoms with E-state index in [1.54, 1.807) is 5.57 Å². The summed E-state index contributed by atoms with van der Waals surface area (Å²) in [6.45, 7) is 0. The molecule has 1 nitrogen and oxygen atoms in total. The van der Waals surface area contributed by atoms with Crippen LogP contribution in [-0.4, -0.2) is 0 Å². The zero-order valence-electron chi connectivity index (χ0n) is 21.5.